The van der Waals surface area contributed by atoms with Gasteiger partial charge in [0, 0.05) is 13.2 Å². The molecule has 0 aliphatic carbocycles. The second kappa shape index (κ2) is 4.85. The Hall–Kier alpha value is -1.55. The van der Waals surface area contributed by atoms with Crippen molar-refractivity contribution in [2.75, 3.05) is 19.8 Å². The Morgan fingerprint density at radius 3 is 2.74 bits per heavy atom. The van der Waals surface area contributed by atoms with Gasteiger partial charge in [-0.1, -0.05) is 18.2 Å². The summed E-state index contributed by atoms with van der Waals surface area (Å²) in [6.07, 6.45) is 2.17. The number of rotatable bonds is 2. The fraction of sp³-hybridized carbons (Fsp3) is 0.533. The van der Waals surface area contributed by atoms with Gasteiger partial charge in [0.1, 0.15) is 17.8 Å². The van der Waals surface area contributed by atoms with E-state index in [9.17, 15) is 9.90 Å². The molecule has 102 valence electrons. The molecule has 4 nitrogen and oxygen atoms in total. The first-order valence-corrected chi connectivity index (χ1v) is 6.74. The smallest absolute Gasteiger partial charge is 0.313 e. The van der Waals surface area contributed by atoms with Crippen molar-refractivity contribution < 1.29 is 19.4 Å². The predicted molar refractivity (Wildman–Crippen MR) is 69.3 cm³/mol. The van der Waals surface area contributed by atoms with Gasteiger partial charge in [-0.3, -0.25) is 4.79 Å². The minimum Gasteiger partial charge on any atom is -0.492 e. The van der Waals surface area contributed by atoms with Gasteiger partial charge in [-0.2, -0.15) is 0 Å². The minimum absolute atomic E-state index is 0.132. The number of carboxylic acids is 1. The first kappa shape index (κ1) is 12.5. The lowest BCUT2D eigenvalue weighted by Crippen LogP contribution is -2.49. The molecule has 1 atom stereocenters. The first-order chi connectivity index (χ1) is 9.22. The number of benzene rings is 1. The molecule has 3 rings (SSSR count). The monoisotopic (exact) mass is 262 g/mol. The molecule has 4 heteroatoms. The van der Waals surface area contributed by atoms with Crippen LogP contribution in [0.3, 0.4) is 0 Å². The highest BCUT2D eigenvalue weighted by atomic mass is 16.5. The summed E-state index contributed by atoms with van der Waals surface area (Å²) in [5.41, 5.74) is 0.209. The number of carbonyl (C=O) groups is 1. The lowest BCUT2D eigenvalue weighted by Gasteiger charge is -2.41. The van der Waals surface area contributed by atoms with Crippen molar-refractivity contribution in [3.8, 4) is 5.75 Å². The number of para-hydroxylation sites is 1. The Morgan fingerprint density at radius 2 is 2.00 bits per heavy atom. The van der Waals surface area contributed by atoms with Gasteiger partial charge in [0.05, 0.1) is 0 Å². The van der Waals surface area contributed by atoms with Crippen LogP contribution in [0.4, 0.5) is 0 Å². The maximum Gasteiger partial charge on any atom is 0.313 e. The Labute approximate surface area is 112 Å². The fourth-order valence-corrected chi connectivity index (χ4v) is 3.21. The number of aliphatic carboxylic acids is 1. The molecule has 2 aliphatic heterocycles. The van der Waals surface area contributed by atoms with Crippen LogP contribution in [-0.4, -0.2) is 30.9 Å². The van der Waals surface area contributed by atoms with Crippen molar-refractivity contribution in [2.45, 2.75) is 19.3 Å². The SMILES string of the molecule is O=C(O)C1(C2CCOCC2)COc2ccccc2C1. The van der Waals surface area contributed by atoms with Gasteiger partial charge >= 0.3 is 5.97 Å². The molecule has 1 aromatic carbocycles. The third-order valence-electron chi connectivity index (χ3n) is 4.39. The van der Waals surface area contributed by atoms with Crippen LogP contribution < -0.4 is 4.74 Å². The Morgan fingerprint density at radius 1 is 1.26 bits per heavy atom. The third kappa shape index (κ3) is 2.10. The van der Waals surface area contributed by atoms with Crippen LogP contribution in [0.1, 0.15) is 18.4 Å². The molecule has 1 aromatic rings. The van der Waals surface area contributed by atoms with Gasteiger partial charge in [-0.25, -0.2) is 0 Å². The Balaban J connectivity index is 1.93. The summed E-state index contributed by atoms with van der Waals surface area (Å²) in [5.74, 6) is 0.215. The van der Waals surface area contributed by atoms with Gasteiger partial charge < -0.3 is 14.6 Å². The van der Waals surface area contributed by atoms with E-state index in [1.165, 1.54) is 0 Å². The molecule has 1 N–H and O–H groups in total. The summed E-state index contributed by atoms with van der Waals surface area (Å²) in [5, 5.41) is 9.75. The molecule has 0 spiro atoms. The second-order valence-corrected chi connectivity index (χ2v) is 5.42. The summed E-state index contributed by atoms with van der Waals surface area (Å²) >= 11 is 0. The molecule has 1 unspecified atom stereocenters. The van der Waals surface area contributed by atoms with E-state index < -0.39 is 11.4 Å². The molecule has 0 aromatic heterocycles. The maximum atomic E-state index is 11.9. The van der Waals surface area contributed by atoms with E-state index in [0.717, 1.165) is 24.2 Å². The number of carboxylic acid groups (broad SMARTS) is 1. The van der Waals surface area contributed by atoms with E-state index in [1.807, 2.05) is 24.3 Å². The number of fused-ring (bicyclic) bond motifs is 1. The minimum atomic E-state index is -0.794. The highest BCUT2D eigenvalue weighted by molar-refractivity contribution is 5.76. The van der Waals surface area contributed by atoms with Crippen molar-refractivity contribution in [3.05, 3.63) is 29.8 Å². The van der Waals surface area contributed by atoms with Crippen molar-refractivity contribution in [1.29, 1.82) is 0 Å². The van der Waals surface area contributed by atoms with Crippen molar-refractivity contribution >= 4 is 5.97 Å². The van der Waals surface area contributed by atoms with Crippen LogP contribution >= 0.6 is 0 Å². The predicted octanol–water partition coefficient (Wildman–Crippen LogP) is 2.12. The average Bonchev–Trinajstić information content (AvgIpc) is 2.47. The number of ether oxygens (including phenoxy) is 2. The van der Waals surface area contributed by atoms with Gasteiger partial charge in [-0.15, -0.1) is 0 Å². The third-order valence-corrected chi connectivity index (χ3v) is 4.39. The molecular weight excluding hydrogens is 244 g/mol. The molecule has 19 heavy (non-hydrogen) atoms. The zero-order valence-electron chi connectivity index (χ0n) is 10.8. The highest BCUT2D eigenvalue weighted by Crippen LogP contribution is 2.43. The highest BCUT2D eigenvalue weighted by Gasteiger charge is 2.49. The number of hydrogen-bond acceptors (Lipinski definition) is 3. The van der Waals surface area contributed by atoms with Crippen molar-refractivity contribution in [2.24, 2.45) is 11.3 Å². The van der Waals surface area contributed by atoms with E-state index in [0.29, 0.717) is 19.6 Å². The molecular formula is C15H18O4. The fourth-order valence-electron chi connectivity index (χ4n) is 3.21. The number of hydrogen-bond donors (Lipinski definition) is 1. The van der Waals surface area contributed by atoms with Gasteiger partial charge in [0.2, 0.25) is 0 Å². The standard InChI is InChI=1S/C15H18O4/c16-14(17)15(12-5-7-18-8-6-12)9-11-3-1-2-4-13(11)19-10-15/h1-4,12H,5-10H2,(H,16,17). The summed E-state index contributed by atoms with van der Waals surface area (Å²) in [6.45, 7) is 1.58. The van der Waals surface area contributed by atoms with E-state index in [1.54, 1.807) is 0 Å². The largest absolute Gasteiger partial charge is 0.492 e. The lowest BCUT2D eigenvalue weighted by molar-refractivity contribution is -0.159. The normalized spacial score (nSPS) is 27.4. The first-order valence-electron chi connectivity index (χ1n) is 6.74. The van der Waals surface area contributed by atoms with Crippen molar-refractivity contribution in [1.82, 2.24) is 0 Å². The second-order valence-electron chi connectivity index (χ2n) is 5.42. The van der Waals surface area contributed by atoms with Crippen LogP contribution in [0.5, 0.6) is 5.75 Å². The zero-order valence-corrected chi connectivity index (χ0v) is 10.8. The Bertz CT molecular complexity index is 479. The molecule has 2 heterocycles. The summed E-state index contributed by atoms with van der Waals surface area (Å²) in [6, 6.07) is 7.72. The van der Waals surface area contributed by atoms with E-state index in [4.69, 9.17) is 9.47 Å². The lowest BCUT2D eigenvalue weighted by atomic mass is 9.67. The van der Waals surface area contributed by atoms with E-state index in [2.05, 4.69) is 0 Å². The van der Waals surface area contributed by atoms with Gasteiger partial charge in [0.25, 0.3) is 0 Å². The topological polar surface area (TPSA) is 55.8 Å². The van der Waals surface area contributed by atoms with Crippen LogP contribution in [0.15, 0.2) is 24.3 Å². The molecule has 1 fully saturated rings. The average molecular weight is 262 g/mol. The van der Waals surface area contributed by atoms with Gasteiger partial charge in [-0.05, 0) is 36.8 Å². The van der Waals surface area contributed by atoms with E-state index in [-0.39, 0.29) is 12.5 Å². The van der Waals surface area contributed by atoms with E-state index >= 15 is 0 Å². The van der Waals surface area contributed by atoms with Gasteiger partial charge in [0.15, 0.2) is 0 Å². The summed E-state index contributed by atoms with van der Waals surface area (Å²) in [7, 11) is 0. The quantitative estimate of drug-likeness (QED) is 0.887. The molecule has 1 saturated heterocycles. The summed E-state index contributed by atoms with van der Waals surface area (Å²) < 4.78 is 11.1. The molecule has 0 amide bonds. The Kier molecular flexibility index (Phi) is 3.19. The van der Waals surface area contributed by atoms with Crippen LogP contribution in [0, 0.1) is 11.3 Å². The molecule has 0 bridgehead atoms. The van der Waals surface area contributed by atoms with Crippen LogP contribution in [-0.2, 0) is 16.0 Å². The van der Waals surface area contributed by atoms with Crippen molar-refractivity contribution in [3.63, 3.8) is 0 Å². The molecule has 2 aliphatic rings. The van der Waals surface area contributed by atoms with Crippen LogP contribution in [0.2, 0.25) is 0 Å². The summed E-state index contributed by atoms with van der Waals surface area (Å²) in [4.78, 5) is 11.9. The van der Waals surface area contributed by atoms with Crippen LogP contribution in [0.25, 0.3) is 0 Å². The maximum absolute atomic E-state index is 11.9. The zero-order chi connectivity index (χ0) is 13.3. The molecule has 0 saturated carbocycles. The molecule has 0 radical (unpaired) electrons.